The van der Waals surface area contributed by atoms with Crippen LogP contribution in [0.5, 0.6) is 11.5 Å². The predicted molar refractivity (Wildman–Crippen MR) is 178 cm³/mol. The Hall–Kier alpha value is -2.44. The molecule has 7 nitrogen and oxygen atoms in total. The van der Waals surface area contributed by atoms with E-state index in [0.29, 0.717) is 30.4 Å². The molecule has 0 radical (unpaired) electrons. The van der Waals surface area contributed by atoms with Gasteiger partial charge in [0.05, 0.1) is 13.2 Å². The number of ether oxygens (including phenoxy) is 2. The number of carboxylic acid groups (broad SMARTS) is 2. The average molecular weight is 606 g/mol. The zero-order valence-electron chi connectivity index (χ0n) is 27.6. The molecule has 1 aromatic rings. The molecule has 248 valence electrons. The Balaban J connectivity index is 2.49. The fraction of sp³-hybridized carbons (Fsp3) is 0.778. The van der Waals surface area contributed by atoms with Gasteiger partial charge in [-0.15, -0.1) is 0 Å². The van der Waals surface area contributed by atoms with Gasteiger partial charge in [-0.1, -0.05) is 142 Å². The van der Waals surface area contributed by atoms with Gasteiger partial charge in [0.1, 0.15) is 24.6 Å². The highest BCUT2D eigenvalue weighted by molar-refractivity contribution is 5.80. The fourth-order valence-corrected chi connectivity index (χ4v) is 5.38. The largest absolute Gasteiger partial charge is 0.493 e. The van der Waals surface area contributed by atoms with Crippen molar-refractivity contribution in [3.05, 3.63) is 18.2 Å². The van der Waals surface area contributed by atoms with Crippen LogP contribution < -0.4 is 14.4 Å². The van der Waals surface area contributed by atoms with Gasteiger partial charge in [0, 0.05) is 23.9 Å². The Morgan fingerprint density at radius 3 is 1.12 bits per heavy atom. The third-order valence-corrected chi connectivity index (χ3v) is 7.92. The minimum atomic E-state index is -1.09. The molecule has 2 N–H and O–H groups in total. The van der Waals surface area contributed by atoms with Crippen LogP contribution in [0, 0.1) is 0 Å². The summed E-state index contributed by atoms with van der Waals surface area (Å²) in [7, 11) is 0. The van der Waals surface area contributed by atoms with Crippen molar-refractivity contribution in [2.24, 2.45) is 0 Å². The zero-order valence-corrected chi connectivity index (χ0v) is 27.6. The average Bonchev–Trinajstić information content (AvgIpc) is 2.97. The molecule has 0 amide bonds. The summed E-state index contributed by atoms with van der Waals surface area (Å²) in [4.78, 5) is 24.2. The van der Waals surface area contributed by atoms with Gasteiger partial charge >= 0.3 is 11.9 Å². The highest BCUT2D eigenvalue weighted by Crippen LogP contribution is 2.29. The molecule has 0 fully saturated rings. The second-order valence-electron chi connectivity index (χ2n) is 12.1. The summed E-state index contributed by atoms with van der Waals surface area (Å²) in [6, 6.07) is 5.28. The summed E-state index contributed by atoms with van der Waals surface area (Å²) < 4.78 is 12.1. The van der Waals surface area contributed by atoms with E-state index >= 15 is 0 Å². The first-order valence-electron chi connectivity index (χ1n) is 17.6. The van der Waals surface area contributed by atoms with Crippen LogP contribution in [0.4, 0.5) is 5.69 Å². The van der Waals surface area contributed by atoms with Crippen molar-refractivity contribution >= 4 is 17.6 Å². The second-order valence-corrected chi connectivity index (χ2v) is 12.1. The molecule has 0 unspecified atom stereocenters. The van der Waals surface area contributed by atoms with Crippen molar-refractivity contribution in [3.8, 4) is 11.5 Å². The molecule has 43 heavy (non-hydrogen) atoms. The van der Waals surface area contributed by atoms with E-state index in [0.717, 1.165) is 25.7 Å². The van der Waals surface area contributed by atoms with E-state index < -0.39 is 25.0 Å². The van der Waals surface area contributed by atoms with Gasteiger partial charge in [-0.25, -0.2) is 0 Å². The highest BCUT2D eigenvalue weighted by Gasteiger charge is 2.17. The second kappa shape index (κ2) is 27.1. The van der Waals surface area contributed by atoms with Gasteiger partial charge in [0.25, 0.3) is 0 Å². The smallest absolute Gasteiger partial charge is 0.323 e. The van der Waals surface area contributed by atoms with Gasteiger partial charge < -0.3 is 24.6 Å². The molecule has 1 rings (SSSR count). The lowest BCUT2D eigenvalue weighted by Gasteiger charge is -2.22. The quantitative estimate of drug-likeness (QED) is 0.0813. The number of aliphatic carboxylic acids is 2. The molecule has 7 heteroatoms. The first-order valence-corrected chi connectivity index (χ1v) is 17.6. The Bertz CT molecular complexity index is 768. The molecule has 0 aliphatic rings. The van der Waals surface area contributed by atoms with Crippen molar-refractivity contribution in [2.75, 3.05) is 31.2 Å². The van der Waals surface area contributed by atoms with Crippen LogP contribution in [0.1, 0.15) is 155 Å². The van der Waals surface area contributed by atoms with E-state index in [2.05, 4.69) is 13.8 Å². The number of nitrogens with zero attached hydrogens (tertiary/aromatic N) is 1. The first-order chi connectivity index (χ1) is 21.0. The zero-order chi connectivity index (χ0) is 31.4. The standard InChI is InChI=1S/C36H63NO6/c1-3-5-7-9-11-13-15-17-19-21-23-25-42-33-27-32(37(30-35(38)39)31-36(40)41)28-34(29-33)43-26-24-22-20-18-16-14-12-10-8-6-4-2/h27-29H,3-26,30-31H2,1-2H3,(H,38,39)(H,40,41). The van der Waals surface area contributed by atoms with Crippen LogP contribution in [0.2, 0.25) is 0 Å². The van der Waals surface area contributed by atoms with Crippen molar-refractivity contribution in [1.82, 2.24) is 0 Å². The molecular weight excluding hydrogens is 542 g/mol. The number of carboxylic acids is 2. The summed E-state index contributed by atoms with van der Waals surface area (Å²) in [5.74, 6) is -1.01. The van der Waals surface area contributed by atoms with Crippen LogP contribution in [0.3, 0.4) is 0 Å². The first kappa shape index (κ1) is 38.6. The summed E-state index contributed by atoms with van der Waals surface area (Å²) >= 11 is 0. The Morgan fingerprint density at radius 1 is 0.512 bits per heavy atom. The van der Waals surface area contributed by atoms with Crippen molar-refractivity contribution in [1.29, 1.82) is 0 Å². The molecule has 0 saturated heterocycles. The highest BCUT2D eigenvalue weighted by atomic mass is 16.5. The maximum atomic E-state index is 11.4. The molecule has 0 heterocycles. The number of hydrogen-bond acceptors (Lipinski definition) is 5. The van der Waals surface area contributed by atoms with Crippen LogP contribution in [0.25, 0.3) is 0 Å². The van der Waals surface area contributed by atoms with Crippen LogP contribution >= 0.6 is 0 Å². The third kappa shape index (κ3) is 22.7. The summed E-state index contributed by atoms with van der Waals surface area (Å²) in [6.45, 7) is 4.81. The maximum Gasteiger partial charge on any atom is 0.323 e. The van der Waals surface area contributed by atoms with Crippen molar-refractivity contribution in [2.45, 2.75) is 155 Å². The van der Waals surface area contributed by atoms with Gasteiger partial charge in [0.2, 0.25) is 0 Å². The number of unbranched alkanes of at least 4 members (excludes halogenated alkanes) is 20. The van der Waals surface area contributed by atoms with Gasteiger partial charge in [-0.05, 0) is 12.8 Å². The lowest BCUT2D eigenvalue weighted by atomic mass is 10.1. The van der Waals surface area contributed by atoms with E-state index in [-0.39, 0.29) is 0 Å². The van der Waals surface area contributed by atoms with E-state index in [1.54, 1.807) is 12.1 Å². The van der Waals surface area contributed by atoms with Gasteiger partial charge in [-0.2, -0.15) is 0 Å². The number of benzene rings is 1. The van der Waals surface area contributed by atoms with Gasteiger partial charge in [0.15, 0.2) is 0 Å². The summed E-state index contributed by atoms with van der Waals surface area (Å²) in [5, 5.41) is 18.7. The predicted octanol–water partition coefficient (Wildman–Crippen LogP) is 10.0. The normalized spacial score (nSPS) is 11.0. The Kier molecular flexibility index (Phi) is 24.3. The van der Waals surface area contributed by atoms with Crippen LogP contribution in [-0.4, -0.2) is 48.5 Å². The van der Waals surface area contributed by atoms with E-state index in [1.807, 2.05) is 6.07 Å². The third-order valence-electron chi connectivity index (χ3n) is 7.92. The Labute approximate surface area is 262 Å². The molecule has 0 saturated carbocycles. The van der Waals surface area contributed by atoms with Crippen molar-refractivity contribution in [3.63, 3.8) is 0 Å². The maximum absolute atomic E-state index is 11.4. The molecule has 1 aromatic carbocycles. The van der Waals surface area contributed by atoms with Crippen LogP contribution in [0.15, 0.2) is 18.2 Å². The summed E-state index contributed by atoms with van der Waals surface area (Å²) in [6.07, 6.45) is 27.8. The molecular formula is C36H63NO6. The minimum absolute atomic E-state index is 0.410. The van der Waals surface area contributed by atoms with E-state index in [9.17, 15) is 19.8 Å². The number of hydrogen-bond donors (Lipinski definition) is 2. The monoisotopic (exact) mass is 605 g/mol. The molecule has 0 aliphatic carbocycles. The van der Waals surface area contributed by atoms with Crippen molar-refractivity contribution < 1.29 is 29.3 Å². The number of carbonyl (C=O) groups is 2. The molecule has 0 spiro atoms. The van der Waals surface area contributed by atoms with Crippen LogP contribution in [-0.2, 0) is 9.59 Å². The fourth-order valence-electron chi connectivity index (χ4n) is 5.38. The summed E-state index contributed by atoms with van der Waals surface area (Å²) in [5.41, 5.74) is 0.482. The minimum Gasteiger partial charge on any atom is -0.493 e. The molecule has 0 atom stereocenters. The van der Waals surface area contributed by atoms with E-state index in [4.69, 9.17) is 9.47 Å². The SMILES string of the molecule is CCCCCCCCCCCCCOc1cc(OCCCCCCCCCCCCC)cc(N(CC(=O)O)CC(=O)O)c1. The molecule has 0 aliphatic heterocycles. The van der Waals surface area contributed by atoms with Gasteiger partial charge in [-0.3, -0.25) is 9.59 Å². The lowest BCUT2D eigenvalue weighted by molar-refractivity contribution is -0.136. The topological polar surface area (TPSA) is 96.3 Å². The molecule has 0 aromatic heterocycles. The lowest BCUT2D eigenvalue weighted by Crippen LogP contribution is -2.34. The van der Waals surface area contributed by atoms with E-state index in [1.165, 1.54) is 120 Å². The molecule has 0 bridgehead atoms. The Morgan fingerprint density at radius 2 is 0.814 bits per heavy atom. The number of rotatable bonds is 31. The number of anilines is 1.